The molecule has 1 spiro atoms. The van der Waals surface area contributed by atoms with Crippen molar-refractivity contribution in [2.45, 2.75) is 55.9 Å². The molecule has 2 unspecified atom stereocenters. The summed E-state index contributed by atoms with van der Waals surface area (Å²) in [5, 5.41) is 1.10. The molecule has 2 aliphatic rings. The lowest BCUT2D eigenvalue weighted by Gasteiger charge is -2.53. The zero-order valence-electron chi connectivity index (χ0n) is 11.4. The van der Waals surface area contributed by atoms with Crippen LogP contribution in [0.1, 0.15) is 44.9 Å². The van der Waals surface area contributed by atoms with E-state index < -0.39 is 0 Å². The van der Waals surface area contributed by atoms with Crippen LogP contribution < -0.4 is 4.74 Å². The summed E-state index contributed by atoms with van der Waals surface area (Å²) in [4.78, 5) is 0.580. The van der Waals surface area contributed by atoms with Crippen molar-refractivity contribution < 1.29 is 4.74 Å². The lowest BCUT2D eigenvalue weighted by atomic mass is 9.61. The summed E-state index contributed by atoms with van der Waals surface area (Å²) < 4.78 is 6.23. The fourth-order valence-electron chi connectivity index (χ4n) is 3.61. The van der Waals surface area contributed by atoms with Gasteiger partial charge in [-0.25, -0.2) is 0 Å². The lowest BCUT2D eigenvalue weighted by molar-refractivity contribution is -0.0461. The van der Waals surface area contributed by atoms with Crippen LogP contribution in [0.2, 0.25) is 10.0 Å². The number of ether oxygens (including phenoxy) is 1. The third-order valence-electron chi connectivity index (χ3n) is 4.91. The molecule has 1 nitrogen and oxygen atoms in total. The molecule has 0 N–H and O–H groups in total. The molecule has 2 saturated carbocycles. The van der Waals surface area contributed by atoms with Gasteiger partial charge in [0.15, 0.2) is 0 Å². The van der Waals surface area contributed by atoms with Gasteiger partial charge in [-0.1, -0.05) is 70.9 Å². The number of alkyl halides is 1. The molecule has 2 aliphatic carbocycles. The molecule has 0 aromatic heterocycles. The molecule has 0 heterocycles. The van der Waals surface area contributed by atoms with E-state index in [1.165, 1.54) is 38.5 Å². The molecule has 0 saturated heterocycles. The van der Waals surface area contributed by atoms with Crippen LogP contribution >= 0.6 is 39.1 Å². The molecule has 4 heteroatoms. The number of halogens is 3. The zero-order valence-corrected chi connectivity index (χ0v) is 14.5. The summed E-state index contributed by atoms with van der Waals surface area (Å²) in [5.74, 6) is 0.729. The second kappa shape index (κ2) is 6.06. The first-order valence-corrected chi connectivity index (χ1v) is 9.05. The van der Waals surface area contributed by atoms with Gasteiger partial charge in [-0.2, -0.15) is 0 Å². The van der Waals surface area contributed by atoms with Gasteiger partial charge in [0.2, 0.25) is 0 Å². The van der Waals surface area contributed by atoms with Crippen molar-refractivity contribution >= 4 is 39.1 Å². The Balaban J connectivity index is 1.78. The van der Waals surface area contributed by atoms with Gasteiger partial charge in [0, 0.05) is 10.2 Å². The van der Waals surface area contributed by atoms with Crippen molar-refractivity contribution in [2.24, 2.45) is 5.41 Å². The van der Waals surface area contributed by atoms with Gasteiger partial charge in [0.1, 0.15) is 16.9 Å². The van der Waals surface area contributed by atoms with Crippen LogP contribution in [-0.4, -0.2) is 10.9 Å². The van der Waals surface area contributed by atoms with Crippen molar-refractivity contribution in [1.82, 2.24) is 0 Å². The highest BCUT2D eigenvalue weighted by Gasteiger charge is 2.55. The summed E-state index contributed by atoms with van der Waals surface area (Å²) in [6.07, 6.45) is 9.16. The van der Waals surface area contributed by atoms with Gasteiger partial charge in [-0.05, 0) is 31.4 Å². The van der Waals surface area contributed by atoms with Gasteiger partial charge in [0.25, 0.3) is 0 Å². The zero-order chi connectivity index (χ0) is 14.2. The average molecular weight is 378 g/mol. The Kier molecular flexibility index (Phi) is 4.54. The highest BCUT2D eigenvalue weighted by Crippen LogP contribution is 2.56. The third-order valence-corrected chi connectivity index (χ3v) is 6.99. The van der Waals surface area contributed by atoms with Crippen LogP contribution in [0.3, 0.4) is 0 Å². The van der Waals surface area contributed by atoms with E-state index >= 15 is 0 Å². The van der Waals surface area contributed by atoms with Crippen molar-refractivity contribution in [2.75, 3.05) is 0 Å². The van der Waals surface area contributed by atoms with Gasteiger partial charge >= 0.3 is 0 Å². The molecule has 1 aromatic rings. The smallest absolute Gasteiger partial charge is 0.139 e. The number of benzene rings is 1. The molecule has 20 heavy (non-hydrogen) atoms. The van der Waals surface area contributed by atoms with E-state index in [0.717, 1.165) is 12.2 Å². The maximum Gasteiger partial charge on any atom is 0.139 e. The van der Waals surface area contributed by atoms with E-state index in [2.05, 4.69) is 15.9 Å². The number of rotatable bonds is 2. The second-order valence-corrected chi connectivity index (χ2v) is 7.90. The highest BCUT2D eigenvalue weighted by molar-refractivity contribution is 9.09. The minimum absolute atomic E-state index is 0.265. The van der Waals surface area contributed by atoms with Crippen LogP contribution in [-0.2, 0) is 0 Å². The SMILES string of the molecule is Clc1cccc(OC2CC(Br)C23CCCCCC3)c1Cl. The van der Waals surface area contributed by atoms with Gasteiger partial charge in [-0.15, -0.1) is 0 Å². The van der Waals surface area contributed by atoms with Crippen molar-refractivity contribution in [3.05, 3.63) is 28.2 Å². The molecule has 0 amide bonds. The Morgan fingerprint density at radius 2 is 1.80 bits per heavy atom. The predicted molar refractivity (Wildman–Crippen MR) is 88.3 cm³/mol. The molecule has 0 aliphatic heterocycles. The van der Waals surface area contributed by atoms with Crippen molar-refractivity contribution in [3.8, 4) is 5.75 Å². The molecule has 0 bridgehead atoms. The van der Waals surface area contributed by atoms with Gasteiger partial charge in [-0.3, -0.25) is 0 Å². The van der Waals surface area contributed by atoms with E-state index in [1.54, 1.807) is 6.07 Å². The standard InChI is InChI=1S/C16H19BrCl2O/c17-13-10-14(16(13)8-3-1-2-4-9-16)20-12-7-5-6-11(18)15(12)19/h5-7,13-14H,1-4,8-10H2. The summed E-state index contributed by atoms with van der Waals surface area (Å²) >= 11 is 16.2. The third kappa shape index (κ3) is 2.60. The summed E-state index contributed by atoms with van der Waals surface area (Å²) in [6, 6.07) is 5.61. The normalized spacial score (nSPS) is 28.8. The Morgan fingerprint density at radius 3 is 2.45 bits per heavy atom. The number of hydrogen-bond acceptors (Lipinski definition) is 1. The molecule has 110 valence electrons. The fraction of sp³-hybridized carbons (Fsp3) is 0.625. The quantitative estimate of drug-likeness (QED) is 0.553. The fourth-order valence-corrected chi connectivity index (χ4v) is 5.04. The lowest BCUT2D eigenvalue weighted by Crippen LogP contribution is -2.56. The van der Waals surface area contributed by atoms with Crippen LogP contribution in [0.5, 0.6) is 5.75 Å². The van der Waals surface area contributed by atoms with E-state index in [4.69, 9.17) is 27.9 Å². The van der Waals surface area contributed by atoms with E-state index in [9.17, 15) is 0 Å². The van der Waals surface area contributed by atoms with Crippen LogP contribution in [0.15, 0.2) is 18.2 Å². The van der Waals surface area contributed by atoms with Crippen molar-refractivity contribution in [1.29, 1.82) is 0 Å². The van der Waals surface area contributed by atoms with Crippen LogP contribution in [0.4, 0.5) is 0 Å². The first-order valence-electron chi connectivity index (χ1n) is 7.38. The molecule has 1 aromatic carbocycles. The van der Waals surface area contributed by atoms with Crippen LogP contribution in [0, 0.1) is 5.41 Å². The Labute approximate surface area is 139 Å². The van der Waals surface area contributed by atoms with Crippen LogP contribution in [0.25, 0.3) is 0 Å². The average Bonchev–Trinajstić information content (AvgIpc) is 2.71. The topological polar surface area (TPSA) is 9.23 Å². The second-order valence-electron chi connectivity index (χ2n) is 6.01. The summed E-state index contributed by atoms with van der Waals surface area (Å²) in [5.41, 5.74) is 0.294. The van der Waals surface area contributed by atoms with E-state index in [0.29, 0.717) is 20.3 Å². The largest absolute Gasteiger partial charge is 0.488 e. The Hall–Kier alpha value is 0.0800. The van der Waals surface area contributed by atoms with Gasteiger partial charge < -0.3 is 4.74 Å². The molecule has 2 atom stereocenters. The molecule has 3 rings (SSSR count). The Bertz CT molecular complexity index is 483. The predicted octanol–water partition coefficient (Wildman–Crippen LogP) is 6.25. The minimum Gasteiger partial charge on any atom is -0.488 e. The van der Waals surface area contributed by atoms with Gasteiger partial charge in [0.05, 0.1) is 5.02 Å². The van der Waals surface area contributed by atoms with Crippen molar-refractivity contribution in [3.63, 3.8) is 0 Å². The van der Waals surface area contributed by atoms with E-state index in [1.807, 2.05) is 12.1 Å². The molecule has 0 radical (unpaired) electrons. The number of hydrogen-bond donors (Lipinski definition) is 0. The highest BCUT2D eigenvalue weighted by atomic mass is 79.9. The summed E-state index contributed by atoms with van der Waals surface area (Å²) in [6.45, 7) is 0. The first kappa shape index (κ1) is 15.0. The monoisotopic (exact) mass is 376 g/mol. The maximum absolute atomic E-state index is 6.25. The Morgan fingerprint density at radius 1 is 1.10 bits per heavy atom. The first-order chi connectivity index (χ1) is 9.63. The molecule has 2 fully saturated rings. The molecular weight excluding hydrogens is 359 g/mol. The molecular formula is C16H19BrCl2O. The minimum atomic E-state index is 0.265. The maximum atomic E-state index is 6.25. The summed E-state index contributed by atoms with van der Waals surface area (Å²) in [7, 11) is 0. The van der Waals surface area contributed by atoms with E-state index in [-0.39, 0.29) is 6.10 Å².